The maximum Gasteiger partial charge on any atom is 0.221 e. The van der Waals surface area contributed by atoms with Crippen LogP contribution in [0.2, 0.25) is 0 Å². The standard InChI is InChI=1S/C8H9NO.C3H9NO/c1-7(10)9-8-5-3-2-4-6-8;1-5-3-2-4/h2-6H,1H3,(H,9,10);2-4H2,1H3. The minimum absolute atomic E-state index is 0.0359. The van der Waals surface area contributed by atoms with Gasteiger partial charge in [0.15, 0.2) is 0 Å². The third-order valence-corrected chi connectivity index (χ3v) is 1.42. The van der Waals surface area contributed by atoms with E-state index in [0.29, 0.717) is 13.2 Å². The van der Waals surface area contributed by atoms with Crippen molar-refractivity contribution in [2.45, 2.75) is 6.92 Å². The highest BCUT2D eigenvalue weighted by Crippen LogP contribution is 2.03. The van der Waals surface area contributed by atoms with Crippen molar-refractivity contribution in [3.63, 3.8) is 0 Å². The Bertz CT molecular complexity index is 261. The molecule has 0 saturated carbocycles. The van der Waals surface area contributed by atoms with E-state index >= 15 is 0 Å². The summed E-state index contributed by atoms with van der Waals surface area (Å²) >= 11 is 0. The average Bonchev–Trinajstić information content (AvgIpc) is 2.20. The fourth-order valence-corrected chi connectivity index (χ4v) is 0.843. The van der Waals surface area contributed by atoms with Crippen molar-refractivity contribution in [1.82, 2.24) is 0 Å². The van der Waals surface area contributed by atoms with Crippen LogP contribution in [0, 0.1) is 0 Å². The second kappa shape index (κ2) is 9.18. The summed E-state index contributed by atoms with van der Waals surface area (Å²) in [7, 11) is 1.63. The van der Waals surface area contributed by atoms with Crippen molar-refractivity contribution < 1.29 is 9.53 Å². The van der Waals surface area contributed by atoms with E-state index in [2.05, 4.69) is 10.1 Å². The third kappa shape index (κ3) is 8.93. The number of nitrogens with two attached hydrogens (primary N) is 1. The normalized spacial score (nSPS) is 8.73. The minimum Gasteiger partial charge on any atom is -0.383 e. The van der Waals surface area contributed by atoms with Gasteiger partial charge in [0.2, 0.25) is 5.91 Å². The predicted octanol–water partition coefficient (Wildman–Crippen LogP) is 1.24. The van der Waals surface area contributed by atoms with E-state index in [4.69, 9.17) is 5.73 Å². The Kier molecular flexibility index (Phi) is 8.33. The Labute approximate surface area is 90.4 Å². The van der Waals surface area contributed by atoms with Crippen molar-refractivity contribution in [3.05, 3.63) is 30.3 Å². The molecule has 0 spiro atoms. The Hall–Kier alpha value is -1.39. The van der Waals surface area contributed by atoms with Crippen LogP contribution in [0.3, 0.4) is 0 Å². The van der Waals surface area contributed by atoms with Gasteiger partial charge < -0.3 is 15.8 Å². The summed E-state index contributed by atoms with van der Waals surface area (Å²) < 4.78 is 4.57. The van der Waals surface area contributed by atoms with E-state index < -0.39 is 0 Å². The topological polar surface area (TPSA) is 64.3 Å². The molecule has 0 aliphatic heterocycles. The largest absolute Gasteiger partial charge is 0.383 e. The number of carbonyl (C=O) groups excluding carboxylic acids is 1. The summed E-state index contributed by atoms with van der Waals surface area (Å²) in [5.74, 6) is -0.0359. The first-order valence-corrected chi connectivity index (χ1v) is 4.72. The van der Waals surface area contributed by atoms with Crippen LogP contribution in [-0.4, -0.2) is 26.2 Å². The number of anilines is 1. The Morgan fingerprint density at radius 2 is 2.00 bits per heavy atom. The molecule has 0 bridgehead atoms. The Morgan fingerprint density at radius 3 is 2.33 bits per heavy atom. The Balaban J connectivity index is 0.000000336. The molecule has 0 aliphatic carbocycles. The fourth-order valence-electron chi connectivity index (χ4n) is 0.843. The van der Waals surface area contributed by atoms with Crippen LogP contribution in [0.4, 0.5) is 5.69 Å². The summed E-state index contributed by atoms with van der Waals surface area (Å²) in [6, 6.07) is 9.37. The van der Waals surface area contributed by atoms with Crippen LogP contribution in [-0.2, 0) is 9.53 Å². The number of benzene rings is 1. The quantitative estimate of drug-likeness (QED) is 0.788. The van der Waals surface area contributed by atoms with Gasteiger partial charge in [0.1, 0.15) is 0 Å². The smallest absolute Gasteiger partial charge is 0.221 e. The molecule has 4 nitrogen and oxygen atoms in total. The molecule has 3 N–H and O–H groups in total. The van der Waals surface area contributed by atoms with Gasteiger partial charge in [-0.25, -0.2) is 0 Å². The molecular weight excluding hydrogens is 192 g/mol. The highest BCUT2D eigenvalue weighted by Gasteiger charge is 1.90. The van der Waals surface area contributed by atoms with E-state index in [9.17, 15) is 4.79 Å². The van der Waals surface area contributed by atoms with E-state index in [1.807, 2.05) is 30.3 Å². The van der Waals surface area contributed by atoms with Gasteiger partial charge in [-0.05, 0) is 12.1 Å². The highest BCUT2D eigenvalue weighted by atomic mass is 16.5. The number of hydrogen-bond acceptors (Lipinski definition) is 3. The molecule has 0 fully saturated rings. The van der Waals surface area contributed by atoms with Gasteiger partial charge in [-0.15, -0.1) is 0 Å². The number of hydrogen-bond donors (Lipinski definition) is 2. The van der Waals surface area contributed by atoms with E-state index in [-0.39, 0.29) is 5.91 Å². The summed E-state index contributed by atoms with van der Waals surface area (Å²) in [6.45, 7) is 2.78. The average molecular weight is 210 g/mol. The van der Waals surface area contributed by atoms with Crippen LogP contribution >= 0.6 is 0 Å². The maximum atomic E-state index is 10.5. The lowest BCUT2D eigenvalue weighted by Gasteiger charge is -1.98. The van der Waals surface area contributed by atoms with Crippen molar-refractivity contribution in [2.24, 2.45) is 5.73 Å². The lowest BCUT2D eigenvalue weighted by molar-refractivity contribution is -0.114. The molecule has 1 aromatic rings. The SMILES string of the molecule is CC(=O)Nc1ccccc1.COCCN. The zero-order valence-corrected chi connectivity index (χ0v) is 9.19. The molecule has 15 heavy (non-hydrogen) atoms. The first kappa shape index (κ1) is 13.6. The van der Waals surface area contributed by atoms with Gasteiger partial charge in [0.25, 0.3) is 0 Å². The monoisotopic (exact) mass is 210 g/mol. The molecule has 84 valence electrons. The first-order chi connectivity index (χ1) is 7.20. The number of para-hydroxylation sites is 1. The van der Waals surface area contributed by atoms with Gasteiger partial charge in [-0.1, -0.05) is 18.2 Å². The van der Waals surface area contributed by atoms with Crippen molar-refractivity contribution in [2.75, 3.05) is 25.6 Å². The summed E-state index contributed by atoms with van der Waals surface area (Å²) in [4.78, 5) is 10.5. The lowest BCUT2D eigenvalue weighted by Crippen LogP contribution is -2.05. The van der Waals surface area contributed by atoms with Gasteiger partial charge >= 0.3 is 0 Å². The molecule has 0 heterocycles. The number of nitrogens with one attached hydrogen (secondary N) is 1. The molecule has 1 aromatic carbocycles. The Morgan fingerprint density at radius 1 is 1.40 bits per heavy atom. The molecule has 0 unspecified atom stereocenters. The van der Waals surface area contributed by atoms with Gasteiger partial charge in [-0.3, -0.25) is 4.79 Å². The summed E-state index contributed by atoms with van der Waals surface area (Å²) in [5.41, 5.74) is 5.86. The van der Waals surface area contributed by atoms with Gasteiger partial charge in [0.05, 0.1) is 6.61 Å². The van der Waals surface area contributed by atoms with Crippen LogP contribution in [0.5, 0.6) is 0 Å². The molecule has 0 aromatic heterocycles. The van der Waals surface area contributed by atoms with Crippen LogP contribution in [0.1, 0.15) is 6.92 Å². The predicted molar refractivity (Wildman–Crippen MR) is 61.7 cm³/mol. The van der Waals surface area contributed by atoms with E-state index in [0.717, 1.165) is 5.69 Å². The van der Waals surface area contributed by atoms with Crippen LogP contribution in [0.15, 0.2) is 30.3 Å². The molecule has 0 saturated heterocycles. The molecule has 0 radical (unpaired) electrons. The van der Waals surface area contributed by atoms with Crippen LogP contribution < -0.4 is 11.1 Å². The summed E-state index contributed by atoms with van der Waals surface area (Å²) in [5, 5.41) is 2.67. The number of methoxy groups -OCH3 is 1. The van der Waals surface area contributed by atoms with Crippen molar-refractivity contribution in [3.8, 4) is 0 Å². The second-order valence-corrected chi connectivity index (χ2v) is 2.83. The minimum atomic E-state index is -0.0359. The van der Waals surface area contributed by atoms with Crippen LogP contribution in [0.25, 0.3) is 0 Å². The highest BCUT2D eigenvalue weighted by molar-refractivity contribution is 5.88. The molecule has 1 rings (SSSR count). The summed E-state index contributed by atoms with van der Waals surface area (Å²) in [6.07, 6.45) is 0. The van der Waals surface area contributed by atoms with Gasteiger partial charge in [0, 0.05) is 26.3 Å². The number of rotatable bonds is 3. The maximum absolute atomic E-state index is 10.5. The van der Waals surface area contributed by atoms with E-state index in [1.54, 1.807) is 7.11 Å². The van der Waals surface area contributed by atoms with Crippen molar-refractivity contribution >= 4 is 11.6 Å². The first-order valence-electron chi connectivity index (χ1n) is 4.72. The second-order valence-electron chi connectivity index (χ2n) is 2.83. The molecule has 4 heteroatoms. The molecular formula is C11H18N2O2. The molecule has 0 atom stereocenters. The number of ether oxygens (including phenoxy) is 1. The van der Waals surface area contributed by atoms with Crippen molar-refractivity contribution in [1.29, 1.82) is 0 Å². The third-order valence-electron chi connectivity index (χ3n) is 1.42. The lowest BCUT2D eigenvalue weighted by atomic mass is 10.3. The zero-order chi connectivity index (χ0) is 11.5. The van der Waals surface area contributed by atoms with E-state index in [1.165, 1.54) is 6.92 Å². The zero-order valence-electron chi connectivity index (χ0n) is 9.19. The number of carbonyl (C=O) groups is 1. The molecule has 0 aliphatic rings. The number of amides is 1. The molecule has 1 amide bonds. The fraction of sp³-hybridized carbons (Fsp3) is 0.364. The van der Waals surface area contributed by atoms with Gasteiger partial charge in [-0.2, -0.15) is 0 Å².